The molecular formula is C24H20ClN3O4. The Kier molecular flexibility index (Phi) is 5.92. The number of anilines is 2. The van der Waals surface area contributed by atoms with Gasteiger partial charge < -0.3 is 10.2 Å². The van der Waals surface area contributed by atoms with E-state index in [2.05, 4.69) is 5.32 Å². The fourth-order valence-electron chi connectivity index (χ4n) is 4.09. The van der Waals surface area contributed by atoms with Crippen LogP contribution in [0.1, 0.15) is 24.0 Å². The van der Waals surface area contributed by atoms with Crippen molar-refractivity contribution in [2.24, 2.45) is 0 Å². The zero-order chi connectivity index (χ0) is 22.8. The number of rotatable bonds is 5. The third-order valence-corrected chi connectivity index (χ3v) is 5.79. The maximum Gasteiger partial charge on any atom is 0.279 e. The summed E-state index contributed by atoms with van der Waals surface area (Å²) in [5.74, 6) is -0.316. The van der Waals surface area contributed by atoms with Gasteiger partial charge in [-0.25, -0.2) is 0 Å². The number of benzene rings is 3. The van der Waals surface area contributed by atoms with E-state index < -0.39 is 4.92 Å². The maximum atomic E-state index is 13.1. The standard InChI is InChI=1S/C24H20ClN3O4/c1-15(29)26-18-6-4-5-16(11-18)9-10-23(30)27-14-17(13-25)24-20-8-3-2-7-19(20)21(28(31)32)12-22(24)27/h2-12,17H,13-14H2,1H3,(H,26,29). The number of nitro benzene ring substituents is 1. The van der Waals surface area contributed by atoms with E-state index in [0.29, 0.717) is 29.2 Å². The zero-order valence-electron chi connectivity index (χ0n) is 17.2. The van der Waals surface area contributed by atoms with Crippen LogP contribution in [0.2, 0.25) is 0 Å². The number of hydrogen-bond donors (Lipinski definition) is 1. The molecule has 7 nitrogen and oxygen atoms in total. The van der Waals surface area contributed by atoms with Gasteiger partial charge in [0.15, 0.2) is 0 Å². The van der Waals surface area contributed by atoms with Gasteiger partial charge in [-0.2, -0.15) is 0 Å². The lowest BCUT2D eigenvalue weighted by Gasteiger charge is -2.16. The summed E-state index contributed by atoms with van der Waals surface area (Å²) in [6.45, 7) is 1.77. The quantitative estimate of drug-likeness (QED) is 0.254. The van der Waals surface area contributed by atoms with Crippen LogP contribution in [-0.2, 0) is 9.59 Å². The highest BCUT2D eigenvalue weighted by Crippen LogP contribution is 2.45. The number of amides is 2. The van der Waals surface area contributed by atoms with E-state index in [0.717, 1.165) is 16.5 Å². The minimum absolute atomic E-state index is 0.0423. The molecule has 0 saturated carbocycles. The van der Waals surface area contributed by atoms with Crippen LogP contribution in [0, 0.1) is 10.1 Å². The van der Waals surface area contributed by atoms with E-state index in [1.807, 2.05) is 18.2 Å². The minimum atomic E-state index is -0.428. The van der Waals surface area contributed by atoms with Crippen LogP contribution in [-0.4, -0.2) is 29.2 Å². The molecule has 32 heavy (non-hydrogen) atoms. The number of non-ortho nitro benzene ring substituents is 1. The number of nitrogens with one attached hydrogen (secondary N) is 1. The predicted octanol–water partition coefficient (Wildman–Crippen LogP) is 5.09. The topological polar surface area (TPSA) is 92.6 Å². The summed E-state index contributed by atoms with van der Waals surface area (Å²) < 4.78 is 0. The molecule has 1 heterocycles. The van der Waals surface area contributed by atoms with Crippen LogP contribution in [0.25, 0.3) is 16.8 Å². The number of alkyl halides is 1. The molecule has 0 radical (unpaired) electrons. The van der Waals surface area contributed by atoms with Gasteiger partial charge in [0.1, 0.15) is 0 Å². The molecule has 3 aromatic carbocycles. The summed E-state index contributed by atoms with van der Waals surface area (Å²) in [4.78, 5) is 37.1. The molecule has 1 N–H and O–H groups in total. The molecule has 0 spiro atoms. The molecule has 0 aliphatic carbocycles. The highest BCUT2D eigenvalue weighted by Gasteiger charge is 2.35. The van der Waals surface area contributed by atoms with Crippen LogP contribution in [0.5, 0.6) is 0 Å². The Balaban J connectivity index is 1.71. The van der Waals surface area contributed by atoms with Crippen LogP contribution in [0.4, 0.5) is 17.1 Å². The highest BCUT2D eigenvalue weighted by atomic mass is 35.5. The van der Waals surface area contributed by atoms with Crippen molar-refractivity contribution in [3.8, 4) is 0 Å². The molecule has 1 atom stereocenters. The Morgan fingerprint density at radius 2 is 1.94 bits per heavy atom. The van der Waals surface area contributed by atoms with Crippen molar-refractivity contribution in [2.45, 2.75) is 12.8 Å². The van der Waals surface area contributed by atoms with Crippen LogP contribution in [0.15, 0.2) is 60.7 Å². The summed E-state index contributed by atoms with van der Waals surface area (Å²) in [5, 5.41) is 15.7. The summed E-state index contributed by atoms with van der Waals surface area (Å²) in [7, 11) is 0. The second-order valence-corrected chi connectivity index (χ2v) is 7.88. The molecule has 0 aromatic heterocycles. The van der Waals surface area contributed by atoms with Crippen molar-refractivity contribution in [1.82, 2.24) is 0 Å². The van der Waals surface area contributed by atoms with Crippen molar-refractivity contribution in [3.05, 3.63) is 81.9 Å². The van der Waals surface area contributed by atoms with E-state index >= 15 is 0 Å². The molecule has 0 fully saturated rings. The normalized spacial score (nSPS) is 15.2. The van der Waals surface area contributed by atoms with E-state index in [4.69, 9.17) is 11.6 Å². The molecule has 4 rings (SSSR count). The van der Waals surface area contributed by atoms with Crippen LogP contribution < -0.4 is 10.2 Å². The van der Waals surface area contributed by atoms with Gasteiger partial charge in [-0.1, -0.05) is 30.3 Å². The fraction of sp³-hybridized carbons (Fsp3) is 0.167. The molecule has 3 aromatic rings. The maximum absolute atomic E-state index is 13.1. The monoisotopic (exact) mass is 449 g/mol. The Morgan fingerprint density at radius 1 is 1.19 bits per heavy atom. The largest absolute Gasteiger partial charge is 0.326 e. The molecule has 2 amide bonds. The third kappa shape index (κ3) is 4.07. The van der Waals surface area contributed by atoms with Crippen LogP contribution in [0.3, 0.4) is 0 Å². The Morgan fingerprint density at radius 3 is 2.62 bits per heavy atom. The Labute approximate surface area is 189 Å². The minimum Gasteiger partial charge on any atom is -0.326 e. The molecule has 8 heteroatoms. The summed E-state index contributed by atoms with van der Waals surface area (Å²) >= 11 is 6.22. The molecule has 1 aliphatic heterocycles. The zero-order valence-corrected chi connectivity index (χ0v) is 18.0. The lowest BCUT2D eigenvalue weighted by molar-refractivity contribution is -0.383. The van der Waals surface area contributed by atoms with Crippen molar-refractivity contribution in [2.75, 3.05) is 22.6 Å². The third-order valence-electron chi connectivity index (χ3n) is 5.42. The fourth-order valence-corrected chi connectivity index (χ4v) is 4.35. The van der Waals surface area contributed by atoms with Crippen LogP contribution >= 0.6 is 11.6 Å². The lowest BCUT2D eigenvalue weighted by Crippen LogP contribution is -2.28. The molecule has 0 saturated heterocycles. The van der Waals surface area contributed by atoms with Gasteiger partial charge in [-0.05, 0) is 40.8 Å². The second kappa shape index (κ2) is 8.80. The van der Waals surface area contributed by atoms with Crippen molar-refractivity contribution < 1.29 is 14.5 Å². The SMILES string of the molecule is CC(=O)Nc1cccc(C=CC(=O)N2CC(CCl)c3c2cc([N+](=O)[O-])c2ccccc32)c1. The first-order valence-corrected chi connectivity index (χ1v) is 10.6. The first-order chi connectivity index (χ1) is 15.4. The predicted molar refractivity (Wildman–Crippen MR) is 126 cm³/mol. The molecule has 1 unspecified atom stereocenters. The van der Waals surface area contributed by atoms with Crippen molar-refractivity contribution >= 4 is 57.3 Å². The number of fused-ring (bicyclic) bond motifs is 3. The van der Waals surface area contributed by atoms with E-state index in [1.165, 1.54) is 24.0 Å². The van der Waals surface area contributed by atoms with E-state index in [-0.39, 0.29) is 23.4 Å². The Hall–Kier alpha value is -3.71. The van der Waals surface area contributed by atoms with Gasteiger partial charge in [-0.3, -0.25) is 19.7 Å². The number of nitrogens with zero attached hydrogens (tertiary/aromatic N) is 2. The van der Waals surface area contributed by atoms with Gasteiger partial charge in [0.05, 0.1) is 16.0 Å². The van der Waals surface area contributed by atoms with E-state index in [9.17, 15) is 19.7 Å². The molecule has 0 bridgehead atoms. The number of carbonyl (C=O) groups is 2. The first kappa shape index (κ1) is 21.5. The summed E-state index contributed by atoms with van der Waals surface area (Å²) in [6.07, 6.45) is 3.07. The number of halogens is 1. The molecular weight excluding hydrogens is 430 g/mol. The Bertz CT molecular complexity index is 1270. The van der Waals surface area contributed by atoms with Crippen molar-refractivity contribution in [3.63, 3.8) is 0 Å². The number of nitro groups is 1. The van der Waals surface area contributed by atoms with E-state index in [1.54, 1.807) is 36.4 Å². The van der Waals surface area contributed by atoms with Gasteiger partial charge in [0.25, 0.3) is 11.6 Å². The molecule has 162 valence electrons. The van der Waals surface area contributed by atoms with Gasteiger partial charge in [0.2, 0.25) is 5.91 Å². The van der Waals surface area contributed by atoms with Gasteiger partial charge >= 0.3 is 0 Å². The van der Waals surface area contributed by atoms with Crippen molar-refractivity contribution in [1.29, 1.82) is 0 Å². The van der Waals surface area contributed by atoms with Gasteiger partial charge in [0, 0.05) is 43.1 Å². The smallest absolute Gasteiger partial charge is 0.279 e. The highest BCUT2D eigenvalue weighted by molar-refractivity contribution is 6.19. The summed E-state index contributed by atoms with van der Waals surface area (Å²) in [5.41, 5.74) is 2.70. The number of hydrogen-bond acceptors (Lipinski definition) is 4. The average Bonchev–Trinajstić information content (AvgIpc) is 3.15. The summed E-state index contributed by atoms with van der Waals surface area (Å²) in [6, 6.07) is 15.7. The first-order valence-electron chi connectivity index (χ1n) is 10.0. The number of carbonyl (C=O) groups excluding carboxylic acids is 2. The van der Waals surface area contributed by atoms with Gasteiger partial charge in [-0.15, -0.1) is 11.6 Å². The average molecular weight is 450 g/mol. The molecule has 1 aliphatic rings. The second-order valence-electron chi connectivity index (χ2n) is 7.57. The lowest BCUT2D eigenvalue weighted by atomic mass is 9.95.